The number of rotatable bonds is 5. The molecule has 1 unspecified atom stereocenters. The second-order valence-electron chi connectivity index (χ2n) is 8.08. The molecule has 0 fully saturated rings. The van der Waals surface area contributed by atoms with Crippen LogP contribution in [0, 0.1) is 12.8 Å². The molecule has 2 N–H and O–H groups in total. The van der Waals surface area contributed by atoms with Gasteiger partial charge >= 0.3 is 6.03 Å². The van der Waals surface area contributed by atoms with Gasteiger partial charge in [-0.05, 0) is 30.5 Å². The first kappa shape index (κ1) is 19.9. The summed E-state index contributed by atoms with van der Waals surface area (Å²) in [6.07, 6.45) is 0. The molecule has 3 aromatic rings. The fraction of sp³-hybridized carbons (Fsp3) is 0.348. The predicted octanol–water partition coefficient (Wildman–Crippen LogP) is 3.22. The molecule has 1 aliphatic heterocycles. The lowest BCUT2D eigenvalue weighted by Gasteiger charge is -2.24. The topological polar surface area (TPSA) is 79.3 Å². The summed E-state index contributed by atoms with van der Waals surface area (Å²) < 4.78 is 2.04. The summed E-state index contributed by atoms with van der Waals surface area (Å²) in [6, 6.07) is 14.9. The number of imidazole rings is 1. The molecule has 7 heteroatoms. The highest BCUT2D eigenvalue weighted by molar-refractivity contribution is 5.96. The summed E-state index contributed by atoms with van der Waals surface area (Å²) in [5.74, 6) is 0.385. The van der Waals surface area contributed by atoms with Crippen molar-refractivity contribution in [3.8, 4) is 0 Å². The van der Waals surface area contributed by atoms with Gasteiger partial charge in [0.05, 0.1) is 11.0 Å². The van der Waals surface area contributed by atoms with E-state index in [1.54, 1.807) is 4.90 Å². The quantitative estimate of drug-likeness (QED) is 0.684. The third kappa shape index (κ3) is 3.87. The molecule has 0 saturated carbocycles. The Hall–Kier alpha value is -3.35. The molecule has 1 atom stereocenters. The standard InChI is InChI=1S/C23H27N5O2/c1-15(2)20(21(29)24-14-17-10-8-16(3)9-11-17)26-23(30)28-13-12-27-19-7-5-4-6-18(19)25-22(27)28/h4-11,15,20H,12-14H2,1-3H3,(H,24,29)(H,26,30). The average molecular weight is 406 g/mol. The van der Waals surface area contributed by atoms with Crippen molar-refractivity contribution < 1.29 is 9.59 Å². The molecule has 2 aromatic carbocycles. The third-order valence-corrected chi connectivity index (χ3v) is 5.48. The molecule has 1 aliphatic rings. The van der Waals surface area contributed by atoms with Crippen LogP contribution in [0.4, 0.5) is 10.7 Å². The first-order chi connectivity index (χ1) is 14.4. The van der Waals surface area contributed by atoms with Crippen molar-refractivity contribution in [1.29, 1.82) is 0 Å². The Morgan fingerprint density at radius 2 is 1.80 bits per heavy atom. The molecule has 3 amide bonds. The molecule has 0 radical (unpaired) electrons. The Balaban J connectivity index is 1.44. The molecule has 0 aliphatic carbocycles. The van der Waals surface area contributed by atoms with E-state index in [0.717, 1.165) is 16.6 Å². The second-order valence-corrected chi connectivity index (χ2v) is 8.08. The maximum absolute atomic E-state index is 13.0. The largest absolute Gasteiger partial charge is 0.350 e. The number of anilines is 1. The minimum atomic E-state index is -0.624. The summed E-state index contributed by atoms with van der Waals surface area (Å²) in [5.41, 5.74) is 4.07. The van der Waals surface area contributed by atoms with Gasteiger partial charge in [0.1, 0.15) is 6.04 Å². The lowest BCUT2D eigenvalue weighted by atomic mass is 10.0. The molecule has 7 nitrogen and oxygen atoms in total. The van der Waals surface area contributed by atoms with Crippen molar-refractivity contribution in [3.05, 3.63) is 59.7 Å². The molecular formula is C23H27N5O2. The zero-order valence-electron chi connectivity index (χ0n) is 17.6. The molecule has 4 rings (SSSR count). The van der Waals surface area contributed by atoms with Gasteiger partial charge in [0, 0.05) is 19.6 Å². The summed E-state index contributed by atoms with van der Waals surface area (Å²) in [6.45, 7) is 7.53. The van der Waals surface area contributed by atoms with Crippen LogP contribution in [-0.4, -0.2) is 34.1 Å². The van der Waals surface area contributed by atoms with Gasteiger partial charge in [-0.15, -0.1) is 0 Å². The van der Waals surface area contributed by atoms with Gasteiger partial charge in [-0.1, -0.05) is 55.8 Å². The van der Waals surface area contributed by atoms with Crippen LogP contribution in [0.3, 0.4) is 0 Å². The average Bonchev–Trinajstić information content (AvgIpc) is 3.30. The van der Waals surface area contributed by atoms with Crippen molar-refractivity contribution in [2.24, 2.45) is 5.92 Å². The Bertz CT molecular complexity index is 1070. The van der Waals surface area contributed by atoms with Crippen LogP contribution in [0.25, 0.3) is 11.0 Å². The van der Waals surface area contributed by atoms with E-state index in [-0.39, 0.29) is 17.9 Å². The number of para-hydroxylation sites is 2. The maximum atomic E-state index is 13.0. The van der Waals surface area contributed by atoms with Crippen LogP contribution in [0.15, 0.2) is 48.5 Å². The van der Waals surface area contributed by atoms with Crippen LogP contribution in [0.1, 0.15) is 25.0 Å². The lowest BCUT2D eigenvalue weighted by molar-refractivity contribution is -0.124. The number of benzene rings is 2. The number of nitrogens with one attached hydrogen (secondary N) is 2. The molecule has 0 spiro atoms. The minimum absolute atomic E-state index is 0.0478. The van der Waals surface area contributed by atoms with E-state index in [4.69, 9.17) is 0 Å². The highest BCUT2D eigenvalue weighted by atomic mass is 16.2. The van der Waals surface area contributed by atoms with Crippen molar-refractivity contribution in [3.63, 3.8) is 0 Å². The number of aromatic nitrogens is 2. The fourth-order valence-corrected chi connectivity index (χ4v) is 3.73. The first-order valence-electron chi connectivity index (χ1n) is 10.3. The normalized spacial score (nSPS) is 14.1. The first-order valence-corrected chi connectivity index (χ1v) is 10.3. The lowest BCUT2D eigenvalue weighted by Crippen LogP contribution is -2.53. The predicted molar refractivity (Wildman–Crippen MR) is 117 cm³/mol. The Morgan fingerprint density at radius 1 is 1.07 bits per heavy atom. The maximum Gasteiger partial charge on any atom is 0.324 e. The zero-order valence-corrected chi connectivity index (χ0v) is 17.6. The van der Waals surface area contributed by atoms with E-state index >= 15 is 0 Å². The summed E-state index contributed by atoms with van der Waals surface area (Å²) in [5, 5.41) is 5.85. The third-order valence-electron chi connectivity index (χ3n) is 5.48. The van der Waals surface area contributed by atoms with Gasteiger partial charge in [-0.25, -0.2) is 9.78 Å². The minimum Gasteiger partial charge on any atom is -0.350 e. The van der Waals surface area contributed by atoms with E-state index < -0.39 is 6.04 Å². The number of carbonyl (C=O) groups excluding carboxylic acids is 2. The molecule has 2 heterocycles. The molecule has 1 aromatic heterocycles. The molecule has 0 saturated heterocycles. The van der Waals surface area contributed by atoms with Crippen LogP contribution in [-0.2, 0) is 17.9 Å². The summed E-state index contributed by atoms with van der Waals surface area (Å²) in [4.78, 5) is 32.0. The number of aryl methyl sites for hydroxylation is 1. The summed E-state index contributed by atoms with van der Waals surface area (Å²) in [7, 11) is 0. The van der Waals surface area contributed by atoms with Gasteiger partial charge in [0.2, 0.25) is 11.9 Å². The number of hydrogen-bond acceptors (Lipinski definition) is 3. The van der Waals surface area contributed by atoms with Crippen LogP contribution < -0.4 is 15.5 Å². The van der Waals surface area contributed by atoms with Crippen molar-refractivity contribution >= 4 is 28.9 Å². The Kier molecular flexibility index (Phi) is 5.44. The van der Waals surface area contributed by atoms with E-state index in [2.05, 4.69) is 15.6 Å². The zero-order chi connectivity index (χ0) is 21.3. The number of nitrogens with zero attached hydrogens (tertiary/aromatic N) is 3. The van der Waals surface area contributed by atoms with E-state index in [9.17, 15) is 9.59 Å². The Morgan fingerprint density at radius 3 is 2.53 bits per heavy atom. The van der Waals surface area contributed by atoms with Crippen LogP contribution in [0.5, 0.6) is 0 Å². The number of urea groups is 1. The second kappa shape index (κ2) is 8.18. The molecular weight excluding hydrogens is 378 g/mol. The highest BCUT2D eigenvalue weighted by Crippen LogP contribution is 2.27. The van der Waals surface area contributed by atoms with Gasteiger partial charge in [-0.3, -0.25) is 9.69 Å². The number of hydrogen-bond donors (Lipinski definition) is 2. The molecule has 156 valence electrons. The highest BCUT2D eigenvalue weighted by Gasteiger charge is 2.32. The van der Waals surface area contributed by atoms with Crippen LogP contribution >= 0.6 is 0 Å². The van der Waals surface area contributed by atoms with Crippen molar-refractivity contribution in [2.45, 2.75) is 39.9 Å². The SMILES string of the molecule is Cc1ccc(CNC(=O)C(NC(=O)N2CCn3c2nc2ccccc23)C(C)C)cc1. The van der Waals surface area contributed by atoms with Gasteiger partial charge in [0.25, 0.3) is 0 Å². The fourth-order valence-electron chi connectivity index (χ4n) is 3.73. The van der Waals surface area contributed by atoms with Gasteiger partial charge in [0.15, 0.2) is 0 Å². The molecule has 0 bridgehead atoms. The number of fused-ring (bicyclic) bond motifs is 3. The smallest absolute Gasteiger partial charge is 0.324 e. The number of carbonyl (C=O) groups is 2. The molecule has 30 heavy (non-hydrogen) atoms. The monoisotopic (exact) mass is 405 g/mol. The van der Waals surface area contributed by atoms with Crippen molar-refractivity contribution in [2.75, 3.05) is 11.4 Å². The Labute approximate surface area is 176 Å². The van der Waals surface area contributed by atoms with E-state index in [0.29, 0.717) is 25.6 Å². The van der Waals surface area contributed by atoms with Gasteiger partial charge in [-0.2, -0.15) is 0 Å². The number of amides is 3. The van der Waals surface area contributed by atoms with Crippen LogP contribution in [0.2, 0.25) is 0 Å². The van der Waals surface area contributed by atoms with E-state index in [1.165, 1.54) is 5.56 Å². The summed E-state index contributed by atoms with van der Waals surface area (Å²) >= 11 is 0. The van der Waals surface area contributed by atoms with Crippen molar-refractivity contribution in [1.82, 2.24) is 20.2 Å². The van der Waals surface area contributed by atoms with E-state index in [1.807, 2.05) is 73.9 Å². The van der Waals surface area contributed by atoms with Gasteiger partial charge < -0.3 is 15.2 Å².